The van der Waals surface area contributed by atoms with Gasteiger partial charge in [0.05, 0.1) is 12.2 Å². The predicted octanol–water partition coefficient (Wildman–Crippen LogP) is 2.53. The molecule has 0 amide bonds. The van der Waals surface area contributed by atoms with Crippen LogP contribution in [0.1, 0.15) is 40.0 Å². The lowest BCUT2D eigenvalue weighted by molar-refractivity contribution is -0.183. The van der Waals surface area contributed by atoms with Crippen LogP contribution in [0.25, 0.3) is 0 Å². The third kappa shape index (κ3) is 2.71. The molecule has 1 unspecified atom stereocenters. The Bertz CT molecular complexity index is 164. The van der Waals surface area contributed by atoms with Gasteiger partial charge in [-0.15, -0.1) is 0 Å². The van der Waals surface area contributed by atoms with E-state index in [2.05, 4.69) is 32.7 Å². The summed E-state index contributed by atoms with van der Waals surface area (Å²) in [5.41, 5.74) is 0.169. The molecule has 1 heterocycles. The van der Waals surface area contributed by atoms with Crippen LogP contribution in [-0.2, 0) is 4.74 Å². The Hall–Kier alpha value is -0.0800. The van der Waals surface area contributed by atoms with Crippen molar-refractivity contribution >= 4 is 0 Å². The van der Waals surface area contributed by atoms with E-state index < -0.39 is 0 Å². The van der Waals surface area contributed by atoms with Gasteiger partial charge in [-0.1, -0.05) is 27.2 Å². The average Bonchev–Trinajstić information content (AvgIpc) is 2.07. The minimum absolute atomic E-state index is 0.169. The highest BCUT2D eigenvalue weighted by atomic mass is 16.5. The van der Waals surface area contributed by atoms with Crippen LogP contribution in [0.5, 0.6) is 0 Å². The van der Waals surface area contributed by atoms with E-state index in [1.54, 1.807) is 0 Å². The molecule has 1 aliphatic rings. The summed E-state index contributed by atoms with van der Waals surface area (Å²) < 4.78 is 5.79. The van der Waals surface area contributed by atoms with Gasteiger partial charge in [0.1, 0.15) is 0 Å². The fourth-order valence-electron chi connectivity index (χ4n) is 2.09. The summed E-state index contributed by atoms with van der Waals surface area (Å²) in [7, 11) is 2.21. The van der Waals surface area contributed by atoms with Crippen molar-refractivity contribution in [3.05, 3.63) is 0 Å². The van der Waals surface area contributed by atoms with Crippen LogP contribution >= 0.6 is 0 Å². The normalized spacial score (nSPS) is 27.0. The molecule has 2 nitrogen and oxygen atoms in total. The zero-order valence-electron chi connectivity index (χ0n) is 10.2. The first-order valence-corrected chi connectivity index (χ1v) is 5.93. The zero-order chi connectivity index (χ0) is 10.6. The van der Waals surface area contributed by atoms with Crippen molar-refractivity contribution in [1.82, 2.24) is 4.90 Å². The molecule has 1 rings (SSSR count). The Kier molecular flexibility index (Phi) is 4.39. The lowest BCUT2D eigenvalue weighted by Crippen LogP contribution is -2.55. The third-order valence-corrected chi connectivity index (χ3v) is 3.40. The second kappa shape index (κ2) is 5.13. The van der Waals surface area contributed by atoms with Gasteiger partial charge < -0.3 is 9.64 Å². The van der Waals surface area contributed by atoms with E-state index in [-0.39, 0.29) is 5.60 Å². The van der Waals surface area contributed by atoms with Gasteiger partial charge in [-0.2, -0.15) is 0 Å². The maximum atomic E-state index is 5.79. The highest BCUT2D eigenvalue weighted by molar-refractivity contribution is 4.92. The molecule has 14 heavy (non-hydrogen) atoms. The van der Waals surface area contributed by atoms with Crippen LogP contribution in [0.3, 0.4) is 0 Å². The molecule has 0 aromatic carbocycles. The fraction of sp³-hybridized carbons (Fsp3) is 1.00. The molecule has 0 aromatic heterocycles. The number of ether oxygens (including phenoxy) is 1. The van der Waals surface area contributed by atoms with E-state index in [1.165, 1.54) is 25.8 Å². The molecule has 1 saturated heterocycles. The van der Waals surface area contributed by atoms with Crippen molar-refractivity contribution in [2.24, 2.45) is 5.92 Å². The molecule has 0 saturated carbocycles. The standard InChI is InChI=1S/C12H25NO/c1-5-6-8-13(4)10-12(11(2)3)7-9-14-12/h11H,5-10H2,1-4H3. The molecule has 1 fully saturated rings. The number of unbranched alkanes of at least 4 members (excludes halogenated alkanes) is 1. The summed E-state index contributed by atoms with van der Waals surface area (Å²) in [4.78, 5) is 2.42. The predicted molar refractivity (Wildman–Crippen MR) is 60.5 cm³/mol. The van der Waals surface area contributed by atoms with Gasteiger partial charge in [0.15, 0.2) is 0 Å². The SMILES string of the molecule is CCCCN(C)CC1(C(C)C)CCO1. The molecule has 0 aromatic rings. The molecule has 0 aliphatic carbocycles. The fourth-order valence-corrected chi connectivity index (χ4v) is 2.09. The van der Waals surface area contributed by atoms with E-state index in [0.717, 1.165) is 13.2 Å². The van der Waals surface area contributed by atoms with Gasteiger partial charge in [-0.25, -0.2) is 0 Å². The van der Waals surface area contributed by atoms with E-state index in [4.69, 9.17) is 4.74 Å². The summed E-state index contributed by atoms with van der Waals surface area (Å²) in [6, 6.07) is 0. The second-order valence-electron chi connectivity index (χ2n) is 4.91. The Balaban J connectivity index is 2.33. The minimum atomic E-state index is 0.169. The molecular weight excluding hydrogens is 174 g/mol. The maximum Gasteiger partial charge on any atom is 0.0853 e. The van der Waals surface area contributed by atoms with Crippen LogP contribution in [0.15, 0.2) is 0 Å². The van der Waals surface area contributed by atoms with Crippen LogP contribution in [0.2, 0.25) is 0 Å². The monoisotopic (exact) mass is 199 g/mol. The molecule has 0 radical (unpaired) electrons. The number of rotatable bonds is 6. The molecule has 0 bridgehead atoms. The van der Waals surface area contributed by atoms with Gasteiger partial charge in [0.2, 0.25) is 0 Å². The van der Waals surface area contributed by atoms with Crippen LogP contribution in [0, 0.1) is 5.92 Å². The smallest absolute Gasteiger partial charge is 0.0853 e. The third-order valence-electron chi connectivity index (χ3n) is 3.40. The molecule has 1 atom stereocenters. The zero-order valence-corrected chi connectivity index (χ0v) is 10.2. The summed E-state index contributed by atoms with van der Waals surface area (Å²) in [6.07, 6.45) is 3.81. The number of hydrogen-bond donors (Lipinski definition) is 0. The molecule has 0 spiro atoms. The number of likely N-dealkylation sites (N-methyl/N-ethyl adjacent to an activating group) is 1. The number of nitrogens with zero attached hydrogens (tertiary/aromatic N) is 1. The molecule has 0 N–H and O–H groups in total. The van der Waals surface area contributed by atoms with E-state index >= 15 is 0 Å². The maximum absolute atomic E-state index is 5.79. The minimum Gasteiger partial charge on any atom is -0.373 e. The van der Waals surface area contributed by atoms with Crippen LogP contribution in [-0.4, -0.2) is 37.2 Å². The molecule has 84 valence electrons. The Morgan fingerprint density at radius 1 is 1.43 bits per heavy atom. The second-order valence-corrected chi connectivity index (χ2v) is 4.91. The molecule has 1 aliphatic heterocycles. The van der Waals surface area contributed by atoms with Crippen molar-refractivity contribution in [1.29, 1.82) is 0 Å². The highest BCUT2D eigenvalue weighted by Gasteiger charge is 2.41. The first-order chi connectivity index (χ1) is 6.60. The Labute approximate surface area is 88.6 Å². The topological polar surface area (TPSA) is 12.5 Å². The summed E-state index contributed by atoms with van der Waals surface area (Å²) in [6.45, 7) is 10.0. The van der Waals surface area contributed by atoms with Gasteiger partial charge in [-0.05, 0) is 25.9 Å². The summed E-state index contributed by atoms with van der Waals surface area (Å²) in [5, 5.41) is 0. The lowest BCUT2D eigenvalue weighted by atomic mass is 9.83. The van der Waals surface area contributed by atoms with E-state index in [0.29, 0.717) is 5.92 Å². The van der Waals surface area contributed by atoms with Crippen molar-refractivity contribution in [2.45, 2.75) is 45.6 Å². The van der Waals surface area contributed by atoms with Crippen molar-refractivity contribution in [3.8, 4) is 0 Å². The molecule has 2 heteroatoms. The molecular formula is C12H25NO. The average molecular weight is 199 g/mol. The Morgan fingerprint density at radius 3 is 2.43 bits per heavy atom. The quantitative estimate of drug-likeness (QED) is 0.652. The van der Waals surface area contributed by atoms with Crippen molar-refractivity contribution in [2.75, 3.05) is 26.7 Å². The van der Waals surface area contributed by atoms with Gasteiger partial charge >= 0.3 is 0 Å². The highest BCUT2D eigenvalue weighted by Crippen LogP contribution is 2.34. The van der Waals surface area contributed by atoms with Crippen molar-refractivity contribution in [3.63, 3.8) is 0 Å². The van der Waals surface area contributed by atoms with Gasteiger partial charge in [0, 0.05) is 13.0 Å². The largest absolute Gasteiger partial charge is 0.373 e. The first kappa shape index (κ1) is 12.0. The first-order valence-electron chi connectivity index (χ1n) is 5.93. The Morgan fingerprint density at radius 2 is 2.07 bits per heavy atom. The van der Waals surface area contributed by atoms with Crippen LogP contribution in [0.4, 0.5) is 0 Å². The summed E-state index contributed by atoms with van der Waals surface area (Å²) in [5.74, 6) is 0.639. The van der Waals surface area contributed by atoms with Crippen molar-refractivity contribution < 1.29 is 4.74 Å². The number of hydrogen-bond acceptors (Lipinski definition) is 2. The van der Waals surface area contributed by atoms with E-state index in [1.807, 2.05) is 0 Å². The van der Waals surface area contributed by atoms with Crippen LogP contribution < -0.4 is 0 Å². The lowest BCUT2D eigenvalue weighted by Gasteiger charge is -2.47. The van der Waals surface area contributed by atoms with E-state index in [9.17, 15) is 0 Å². The summed E-state index contributed by atoms with van der Waals surface area (Å²) >= 11 is 0. The van der Waals surface area contributed by atoms with Gasteiger partial charge in [-0.3, -0.25) is 0 Å². The van der Waals surface area contributed by atoms with Gasteiger partial charge in [0.25, 0.3) is 0 Å².